The van der Waals surface area contributed by atoms with Crippen LogP contribution in [0.3, 0.4) is 0 Å². The Morgan fingerprint density at radius 3 is 2.35 bits per heavy atom. The highest BCUT2D eigenvalue weighted by atomic mass is 16.4. The van der Waals surface area contributed by atoms with Gasteiger partial charge in [-0.3, -0.25) is 9.59 Å². The fourth-order valence-corrected chi connectivity index (χ4v) is 1.72. The summed E-state index contributed by atoms with van der Waals surface area (Å²) in [7, 11) is 0. The topological polar surface area (TPSA) is 142 Å². The maximum absolute atomic E-state index is 10.5. The Balaban J connectivity index is 0.000000388. The maximum Gasteiger partial charge on any atom is 0.326 e. The number of carboxylic acids is 2. The number of nitrogens with one attached hydrogen (secondary N) is 2. The molecule has 0 radical (unpaired) electrons. The lowest BCUT2D eigenvalue weighted by atomic mass is 10.1. The second kappa shape index (κ2) is 10.2. The SMILES string of the molecule is CC(=O)N[C@@H](CCCN)C(=O)O.O=C(O)[C@@H]1CCCN1. The van der Waals surface area contributed by atoms with Gasteiger partial charge in [0.05, 0.1) is 0 Å². The van der Waals surface area contributed by atoms with Crippen LogP contribution >= 0.6 is 0 Å². The Morgan fingerprint density at radius 1 is 1.40 bits per heavy atom. The molecule has 116 valence electrons. The standard InChI is InChI=1S/C7H14N2O3.C5H9NO2/c1-5(10)9-6(7(11)12)3-2-4-8;7-5(8)4-2-1-3-6-4/h6H,2-4,8H2,1H3,(H,9,10)(H,11,12);4,6H,1-3H2,(H,7,8)/t6-;4-/m00/s1. The van der Waals surface area contributed by atoms with Crippen LogP contribution in [0.4, 0.5) is 0 Å². The van der Waals surface area contributed by atoms with Gasteiger partial charge in [0.15, 0.2) is 0 Å². The number of carboxylic acid groups (broad SMARTS) is 2. The third-order valence-electron chi connectivity index (χ3n) is 2.73. The van der Waals surface area contributed by atoms with Crippen molar-refractivity contribution in [1.29, 1.82) is 0 Å². The highest BCUT2D eigenvalue weighted by molar-refractivity contribution is 5.81. The first kappa shape index (κ1) is 18.3. The minimum atomic E-state index is -1.02. The lowest BCUT2D eigenvalue weighted by Crippen LogP contribution is -2.39. The van der Waals surface area contributed by atoms with Gasteiger partial charge in [-0.1, -0.05) is 0 Å². The number of nitrogens with two attached hydrogens (primary N) is 1. The van der Waals surface area contributed by atoms with Crippen molar-refractivity contribution < 1.29 is 24.6 Å². The van der Waals surface area contributed by atoms with Crippen molar-refractivity contribution >= 4 is 17.8 Å². The molecule has 20 heavy (non-hydrogen) atoms. The van der Waals surface area contributed by atoms with E-state index in [-0.39, 0.29) is 11.9 Å². The van der Waals surface area contributed by atoms with Crippen LogP contribution in [0.1, 0.15) is 32.6 Å². The lowest BCUT2D eigenvalue weighted by molar-refractivity contribution is -0.141. The number of hydrogen-bond donors (Lipinski definition) is 5. The summed E-state index contributed by atoms with van der Waals surface area (Å²) in [6.45, 7) is 2.58. The second-order valence-electron chi connectivity index (χ2n) is 4.51. The van der Waals surface area contributed by atoms with Crippen molar-refractivity contribution in [3.05, 3.63) is 0 Å². The molecule has 1 fully saturated rings. The first-order chi connectivity index (χ1) is 9.38. The molecule has 0 aromatic heterocycles. The molecule has 1 heterocycles. The molecule has 1 aliphatic rings. The molecule has 0 spiro atoms. The van der Waals surface area contributed by atoms with Crippen molar-refractivity contribution in [2.75, 3.05) is 13.1 Å². The zero-order valence-electron chi connectivity index (χ0n) is 11.6. The minimum Gasteiger partial charge on any atom is -0.480 e. The van der Waals surface area contributed by atoms with E-state index in [0.29, 0.717) is 19.4 Å². The van der Waals surface area contributed by atoms with Gasteiger partial charge < -0.3 is 26.6 Å². The molecule has 1 aliphatic heterocycles. The highest BCUT2D eigenvalue weighted by Gasteiger charge is 2.20. The minimum absolute atomic E-state index is 0.269. The second-order valence-corrected chi connectivity index (χ2v) is 4.51. The lowest BCUT2D eigenvalue weighted by Gasteiger charge is -2.11. The van der Waals surface area contributed by atoms with Gasteiger partial charge in [0.2, 0.25) is 5.91 Å². The summed E-state index contributed by atoms with van der Waals surface area (Å²) in [6.07, 6.45) is 2.76. The van der Waals surface area contributed by atoms with Crippen LogP contribution in [0, 0.1) is 0 Å². The van der Waals surface area contributed by atoms with Crippen molar-refractivity contribution in [3.63, 3.8) is 0 Å². The highest BCUT2D eigenvalue weighted by Crippen LogP contribution is 2.03. The molecule has 0 aromatic carbocycles. The summed E-state index contributed by atoms with van der Waals surface area (Å²) in [4.78, 5) is 31.1. The molecule has 8 heteroatoms. The van der Waals surface area contributed by atoms with Crippen molar-refractivity contribution in [1.82, 2.24) is 10.6 Å². The molecule has 8 nitrogen and oxygen atoms in total. The average molecular weight is 289 g/mol. The zero-order chi connectivity index (χ0) is 15.5. The maximum atomic E-state index is 10.5. The van der Waals surface area contributed by atoms with Crippen molar-refractivity contribution in [3.8, 4) is 0 Å². The van der Waals surface area contributed by atoms with Crippen molar-refractivity contribution in [2.45, 2.75) is 44.7 Å². The number of carbonyl (C=O) groups excluding carboxylic acids is 1. The molecule has 2 atom stereocenters. The smallest absolute Gasteiger partial charge is 0.326 e. The van der Waals surface area contributed by atoms with E-state index in [1.807, 2.05) is 0 Å². The van der Waals surface area contributed by atoms with Crippen molar-refractivity contribution in [2.24, 2.45) is 5.73 Å². The Hall–Kier alpha value is -1.67. The molecule has 0 saturated carbocycles. The Morgan fingerprint density at radius 2 is 2.05 bits per heavy atom. The van der Waals surface area contributed by atoms with E-state index in [2.05, 4.69) is 10.6 Å². The predicted octanol–water partition coefficient (Wildman–Crippen LogP) is -0.862. The number of carbonyl (C=O) groups is 3. The molecule has 1 rings (SSSR count). The quantitative estimate of drug-likeness (QED) is 0.428. The summed E-state index contributed by atoms with van der Waals surface area (Å²) in [5.41, 5.74) is 5.20. The fraction of sp³-hybridized carbons (Fsp3) is 0.750. The van der Waals surface area contributed by atoms with Gasteiger partial charge in [-0.25, -0.2) is 4.79 Å². The Kier molecular flexibility index (Phi) is 9.31. The van der Waals surface area contributed by atoms with E-state index < -0.39 is 18.0 Å². The van der Waals surface area contributed by atoms with Crippen LogP contribution in [0.15, 0.2) is 0 Å². The summed E-state index contributed by atoms with van der Waals surface area (Å²) >= 11 is 0. The van der Waals surface area contributed by atoms with E-state index in [1.165, 1.54) is 6.92 Å². The van der Waals surface area contributed by atoms with Gasteiger partial charge in [-0.2, -0.15) is 0 Å². The van der Waals surface area contributed by atoms with Crippen LogP contribution in [-0.4, -0.2) is 53.2 Å². The molecule has 0 unspecified atom stereocenters. The summed E-state index contributed by atoms with van der Waals surface area (Å²) in [5.74, 6) is -2.07. The molecule has 0 aliphatic carbocycles. The van der Waals surface area contributed by atoms with Gasteiger partial charge in [0.25, 0.3) is 0 Å². The van der Waals surface area contributed by atoms with Gasteiger partial charge in [0, 0.05) is 6.92 Å². The number of hydrogen-bond acceptors (Lipinski definition) is 5. The Bertz CT molecular complexity index is 329. The molecular formula is C12H23N3O5. The van der Waals surface area contributed by atoms with Crippen LogP contribution in [0.25, 0.3) is 0 Å². The molecular weight excluding hydrogens is 266 g/mol. The van der Waals surface area contributed by atoms with Gasteiger partial charge >= 0.3 is 11.9 Å². The van der Waals surface area contributed by atoms with Crippen LogP contribution in [-0.2, 0) is 14.4 Å². The summed E-state index contributed by atoms with van der Waals surface area (Å²) in [6, 6.07) is -1.07. The zero-order valence-corrected chi connectivity index (χ0v) is 11.6. The van der Waals surface area contributed by atoms with E-state index in [1.54, 1.807) is 0 Å². The average Bonchev–Trinajstić information content (AvgIpc) is 2.88. The third kappa shape index (κ3) is 8.44. The van der Waals surface area contributed by atoms with Crippen LogP contribution in [0.5, 0.6) is 0 Å². The monoisotopic (exact) mass is 289 g/mol. The number of amides is 1. The van der Waals surface area contributed by atoms with Crippen LogP contribution in [0.2, 0.25) is 0 Å². The normalized spacial score (nSPS) is 18.6. The van der Waals surface area contributed by atoms with Gasteiger partial charge in [0.1, 0.15) is 12.1 Å². The predicted molar refractivity (Wildman–Crippen MR) is 72.2 cm³/mol. The van der Waals surface area contributed by atoms with Gasteiger partial charge in [-0.05, 0) is 38.8 Å². The molecule has 6 N–H and O–H groups in total. The molecule has 1 saturated heterocycles. The number of rotatable bonds is 6. The number of aliphatic carboxylic acids is 2. The van der Waals surface area contributed by atoms with E-state index in [4.69, 9.17) is 15.9 Å². The van der Waals surface area contributed by atoms with Crippen LogP contribution < -0.4 is 16.4 Å². The molecule has 0 aromatic rings. The first-order valence-corrected chi connectivity index (χ1v) is 6.54. The fourth-order valence-electron chi connectivity index (χ4n) is 1.72. The largest absolute Gasteiger partial charge is 0.480 e. The third-order valence-corrected chi connectivity index (χ3v) is 2.73. The molecule has 1 amide bonds. The first-order valence-electron chi connectivity index (χ1n) is 6.54. The summed E-state index contributed by atoms with van der Waals surface area (Å²) in [5, 5.41) is 22.1. The van der Waals surface area contributed by atoms with E-state index in [0.717, 1.165) is 19.4 Å². The molecule has 0 bridgehead atoms. The Labute approximate surface area is 117 Å². The summed E-state index contributed by atoms with van der Waals surface area (Å²) < 4.78 is 0. The van der Waals surface area contributed by atoms with E-state index in [9.17, 15) is 14.4 Å². The van der Waals surface area contributed by atoms with E-state index >= 15 is 0 Å². The van der Waals surface area contributed by atoms with Gasteiger partial charge in [-0.15, -0.1) is 0 Å².